The molecule has 0 saturated carbocycles. The number of phenolic OH excluding ortho intramolecular Hbond substituents is 3. The molecule has 3 heterocycles. The summed E-state index contributed by atoms with van der Waals surface area (Å²) >= 11 is 0. The molecule has 3 aliphatic rings. The number of ketones is 1. The molecular weight excluding hydrogens is 728 g/mol. The molecule has 15 heteroatoms. The second-order valence-electron chi connectivity index (χ2n) is 14.3. The maximum absolute atomic E-state index is 14.3. The van der Waals surface area contributed by atoms with Gasteiger partial charge in [0, 0.05) is 61.2 Å². The zero-order valence-corrected chi connectivity index (χ0v) is 32.8. The molecule has 0 radical (unpaired) electrons. The van der Waals surface area contributed by atoms with Gasteiger partial charge in [-0.15, -0.1) is 6.42 Å². The Morgan fingerprint density at radius 1 is 1.02 bits per heavy atom. The molecule has 0 saturated heterocycles. The van der Waals surface area contributed by atoms with Crippen molar-refractivity contribution in [3.05, 3.63) is 52.8 Å². The Morgan fingerprint density at radius 3 is 2.32 bits per heavy atom. The number of esters is 1. The number of aliphatic hydroxyl groups excluding tert-OH is 2. The van der Waals surface area contributed by atoms with Gasteiger partial charge in [0.2, 0.25) is 0 Å². The normalized spacial score (nSPS) is 30.3. The monoisotopic (exact) mass is 778 g/mol. The average molecular weight is 779 g/mol. The molecule has 9 atom stereocenters. The lowest BCUT2D eigenvalue weighted by molar-refractivity contribution is -0.160. The van der Waals surface area contributed by atoms with Crippen LogP contribution in [0, 0.1) is 42.9 Å². The molecule has 2 aromatic carbocycles. The van der Waals surface area contributed by atoms with Crippen LogP contribution < -0.4 is 10.1 Å². The van der Waals surface area contributed by atoms with Crippen LogP contribution in [-0.4, -0.2) is 93.3 Å². The van der Waals surface area contributed by atoms with Crippen LogP contribution >= 0.6 is 0 Å². The van der Waals surface area contributed by atoms with Crippen LogP contribution in [0.1, 0.15) is 70.0 Å². The number of nitrogens with zero attached hydrogens (tertiary/aromatic N) is 1. The maximum atomic E-state index is 14.3. The molecule has 6 N–H and O–H groups in total. The summed E-state index contributed by atoms with van der Waals surface area (Å²) in [6, 6.07) is 0. The number of terminal acetylenes is 1. The van der Waals surface area contributed by atoms with E-state index in [0.29, 0.717) is 0 Å². The highest BCUT2D eigenvalue weighted by atomic mass is 16.7. The number of ether oxygens (including phenoxy) is 4. The third-order valence-electron chi connectivity index (χ3n) is 10.4. The number of aromatic hydroxyl groups is 3. The summed E-state index contributed by atoms with van der Waals surface area (Å²) in [5, 5.41) is 63.2. The van der Waals surface area contributed by atoms with E-state index in [1.807, 2.05) is 0 Å². The number of methoxy groups -OCH3 is 1. The number of hydrogen-bond donors (Lipinski definition) is 6. The molecule has 1 amide bonds. The van der Waals surface area contributed by atoms with Crippen molar-refractivity contribution >= 4 is 40.3 Å². The van der Waals surface area contributed by atoms with E-state index in [-0.39, 0.29) is 51.1 Å². The van der Waals surface area contributed by atoms with E-state index >= 15 is 0 Å². The lowest BCUT2D eigenvalue weighted by atomic mass is 9.78. The van der Waals surface area contributed by atoms with Crippen molar-refractivity contribution in [3.8, 4) is 35.3 Å². The number of rotatable bonds is 5. The van der Waals surface area contributed by atoms with Gasteiger partial charge in [-0.05, 0) is 19.9 Å². The summed E-state index contributed by atoms with van der Waals surface area (Å²) in [5.41, 5.74) is -0.792. The van der Waals surface area contributed by atoms with Crippen LogP contribution in [0.15, 0.2) is 41.3 Å². The molecule has 0 unspecified atom stereocenters. The summed E-state index contributed by atoms with van der Waals surface area (Å²) in [4.78, 5) is 45.1. The highest BCUT2D eigenvalue weighted by Crippen LogP contribution is 2.55. The number of aliphatic hydroxyl groups is 2. The number of fused-ring (bicyclic) bond motifs is 14. The standard InChI is InChI=1S/C41H50N2O13/c1-11-16-54-42-18-26-31-36(49)29-28(35(26)48)30-38(24(7)34(29)47)56-41(9,39(30)50)53-17-15-27(52-10)21(4)37(55-25(8)44)23(6)33(46)22(5)32(45)19(2)13-12-14-20(3)40(51)43-31/h1,12-15,17-19,21-23,27,32-33,37,45-49H,16H2,2-10H3,(H,43,51)/b13-12-,17-15?,20-14-,42-18+/t19-,21+,22+,23+,27-,32-,33+,37+,41-/m0/s1. The van der Waals surface area contributed by atoms with E-state index < -0.39 is 88.8 Å². The molecule has 0 fully saturated rings. The van der Waals surface area contributed by atoms with Gasteiger partial charge in [-0.1, -0.05) is 57.0 Å². The van der Waals surface area contributed by atoms with Crippen molar-refractivity contribution in [3.63, 3.8) is 0 Å². The first-order chi connectivity index (χ1) is 26.3. The van der Waals surface area contributed by atoms with Crippen LogP contribution in [0.5, 0.6) is 23.0 Å². The minimum absolute atomic E-state index is 0.0142. The van der Waals surface area contributed by atoms with Crippen molar-refractivity contribution in [2.24, 2.45) is 28.8 Å². The Kier molecular flexibility index (Phi) is 13.5. The van der Waals surface area contributed by atoms with Gasteiger partial charge in [0.05, 0.1) is 53.0 Å². The SMILES string of the molecule is C#CCO/N=C/c1c2c(O)c3c(O)c(C)c4c(c3c1O)C(=O)[C@@](C)(OC=C[C@H](OC)[C@@H](C)[C@@H](OC(C)=O)[C@H](C)[C@H](O)[C@H](C)[C@@H](O)[C@@H](C)/C=C\C=C(\C)C(=O)N2)O4. The minimum atomic E-state index is -2.07. The predicted octanol–water partition coefficient (Wildman–Crippen LogP) is 4.74. The van der Waals surface area contributed by atoms with E-state index in [9.17, 15) is 39.9 Å². The Morgan fingerprint density at radius 2 is 1.70 bits per heavy atom. The molecule has 56 heavy (non-hydrogen) atoms. The van der Waals surface area contributed by atoms with Gasteiger partial charge in [-0.3, -0.25) is 14.4 Å². The van der Waals surface area contributed by atoms with E-state index in [4.69, 9.17) is 30.2 Å². The molecule has 2 aromatic rings. The van der Waals surface area contributed by atoms with Crippen molar-refractivity contribution < 1.29 is 63.7 Å². The highest BCUT2D eigenvalue weighted by Gasteiger charge is 2.50. The molecule has 0 aromatic heterocycles. The largest absolute Gasteiger partial charge is 0.507 e. The molecule has 0 aliphatic carbocycles. The van der Waals surface area contributed by atoms with Crippen molar-refractivity contribution in [1.29, 1.82) is 0 Å². The van der Waals surface area contributed by atoms with Crippen molar-refractivity contribution in [2.75, 3.05) is 19.0 Å². The van der Waals surface area contributed by atoms with Gasteiger partial charge in [0.25, 0.3) is 11.7 Å². The fourth-order valence-corrected chi connectivity index (χ4v) is 7.04. The molecule has 302 valence electrons. The second kappa shape index (κ2) is 17.5. The number of allylic oxidation sites excluding steroid dienone is 2. The van der Waals surface area contributed by atoms with Gasteiger partial charge in [0.15, 0.2) is 12.4 Å². The molecule has 15 nitrogen and oxygen atoms in total. The summed E-state index contributed by atoms with van der Waals surface area (Å²) in [6.07, 6.45) is 9.55. The van der Waals surface area contributed by atoms with Crippen LogP contribution in [0.25, 0.3) is 10.8 Å². The summed E-state index contributed by atoms with van der Waals surface area (Å²) < 4.78 is 23.4. The number of benzene rings is 2. The number of nitrogens with one attached hydrogen (secondary N) is 1. The number of oxime groups is 1. The molecular formula is C41H50N2O13. The van der Waals surface area contributed by atoms with Crippen LogP contribution in [-0.2, 0) is 28.6 Å². The van der Waals surface area contributed by atoms with Crippen molar-refractivity contribution in [2.45, 2.75) is 85.6 Å². The third-order valence-corrected chi connectivity index (χ3v) is 10.4. The Balaban J connectivity index is 1.97. The number of carbonyl (C=O) groups excluding carboxylic acids is 3. The van der Waals surface area contributed by atoms with E-state index in [1.54, 1.807) is 39.8 Å². The fourth-order valence-electron chi connectivity index (χ4n) is 7.04. The average Bonchev–Trinajstić information content (AvgIpc) is 3.42. The number of phenols is 3. The second-order valence-corrected chi connectivity index (χ2v) is 14.3. The minimum Gasteiger partial charge on any atom is -0.507 e. The number of hydrogen-bond acceptors (Lipinski definition) is 14. The first-order valence-corrected chi connectivity index (χ1v) is 18.0. The van der Waals surface area contributed by atoms with Crippen LogP contribution in [0.4, 0.5) is 5.69 Å². The number of Topliss-reactive ketones (excluding diaryl/α,β-unsaturated/α-hetero) is 1. The third kappa shape index (κ3) is 8.32. The lowest BCUT2D eigenvalue weighted by Crippen LogP contribution is -2.46. The highest BCUT2D eigenvalue weighted by molar-refractivity contribution is 6.23. The number of anilines is 1. The van der Waals surface area contributed by atoms with Gasteiger partial charge < -0.3 is 54.6 Å². The predicted molar refractivity (Wildman–Crippen MR) is 206 cm³/mol. The lowest BCUT2D eigenvalue weighted by Gasteiger charge is -2.38. The maximum Gasteiger partial charge on any atom is 0.312 e. The zero-order chi connectivity index (χ0) is 41.8. The van der Waals surface area contributed by atoms with E-state index in [1.165, 1.54) is 53.2 Å². The smallest absolute Gasteiger partial charge is 0.312 e. The summed E-state index contributed by atoms with van der Waals surface area (Å²) in [7, 11) is 1.42. The quantitative estimate of drug-likeness (QED) is 0.0460. The topological polar surface area (TPSA) is 223 Å². The first-order valence-electron chi connectivity index (χ1n) is 18.0. The van der Waals surface area contributed by atoms with Crippen LogP contribution in [0.2, 0.25) is 0 Å². The molecule has 5 rings (SSSR count). The van der Waals surface area contributed by atoms with Gasteiger partial charge >= 0.3 is 11.8 Å². The van der Waals surface area contributed by atoms with Gasteiger partial charge in [-0.2, -0.15) is 0 Å². The number of carbonyl (C=O) groups is 3. The summed E-state index contributed by atoms with van der Waals surface area (Å²) in [6.45, 7) is 12.0. The summed E-state index contributed by atoms with van der Waals surface area (Å²) in [5.74, 6) is -6.64. The van der Waals surface area contributed by atoms with Crippen molar-refractivity contribution in [1.82, 2.24) is 0 Å². The van der Waals surface area contributed by atoms with E-state index in [2.05, 4.69) is 16.4 Å². The Hall–Kier alpha value is -5.56. The fraction of sp³-hybridized carbons (Fsp3) is 0.463. The van der Waals surface area contributed by atoms with Gasteiger partial charge in [-0.25, -0.2) is 0 Å². The zero-order valence-electron chi connectivity index (χ0n) is 32.8. The Bertz CT molecular complexity index is 2030. The molecule has 5 bridgehead atoms. The molecule has 3 aliphatic heterocycles. The first kappa shape index (κ1) is 43.2. The van der Waals surface area contributed by atoms with Gasteiger partial charge in [0.1, 0.15) is 23.4 Å². The Labute approximate surface area is 325 Å². The van der Waals surface area contributed by atoms with Crippen LogP contribution in [0.3, 0.4) is 0 Å². The number of amides is 1. The van der Waals surface area contributed by atoms with E-state index in [0.717, 1.165) is 6.21 Å². The molecule has 0 spiro atoms.